The lowest BCUT2D eigenvalue weighted by atomic mass is 10.1. The van der Waals surface area contributed by atoms with Crippen molar-refractivity contribution in [3.63, 3.8) is 0 Å². The van der Waals surface area contributed by atoms with E-state index in [4.69, 9.17) is 11.0 Å². The van der Waals surface area contributed by atoms with Crippen LogP contribution in [0.5, 0.6) is 5.75 Å². The quantitative estimate of drug-likeness (QED) is 0.643. The minimum atomic E-state index is -1.03. The molecule has 0 heterocycles. The average molecular weight is 167 g/mol. The summed E-state index contributed by atoms with van der Waals surface area (Å²) in [5, 5.41) is 8.74. The van der Waals surface area contributed by atoms with Crippen LogP contribution < -0.4 is 10.7 Å². The molecule has 3 N–H and O–H groups in total. The molecule has 0 aromatic heterocycles. The molecule has 12 heavy (non-hydrogen) atoms. The summed E-state index contributed by atoms with van der Waals surface area (Å²) in [6, 6.07) is 4.88. The zero-order valence-electron chi connectivity index (χ0n) is 6.57. The standard InChI is InChI=1S/C8H9NO3/c1-5-3-2-4-6(12-9)7(5)8(10)11/h2-4H,9H2,1H3,(H,10,11). The molecule has 64 valence electrons. The molecule has 0 bridgehead atoms. The van der Waals surface area contributed by atoms with Crippen molar-refractivity contribution in [2.75, 3.05) is 0 Å². The number of carbonyl (C=O) groups is 1. The Bertz CT molecular complexity index is 309. The highest BCUT2D eigenvalue weighted by molar-refractivity contribution is 5.92. The fourth-order valence-electron chi connectivity index (χ4n) is 1.01. The smallest absolute Gasteiger partial charge is 0.339 e. The zero-order valence-corrected chi connectivity index (χ0v) is 6.57. The van der Waals surface area contributed by atoms with E-state index in [1.807, 2.05) is 0 Å². The lowest BCUT2D eigenvalue weighted by Gasteiger charge is -2.05. The van der Waals surface area contributed by atoms with Crippen LogP contribution in [-0.2, 0) is 0 Å². The van der Waals surface area contributed by atoms with E-state index in [0.29, 0.717) is 5.56 Å². The highest BCUT2D eigenvalue weighted by Gasteiger charge is 2.12. The first kappa shape index (κ1) is 8.55. The van der Waals surface area contributed by atoms with Crippen LogP contribution in [0, 0.1) is 6.92 Å². The third kappa shape index (κ3) is 1.38. The number of carboxylic acid groups (broad SMARTS) is 1. The van der Waals surface area contributed by atoms with Crippen molar-refractivity contribution in [2.45, 2.75) is 6.92 Å². The molecule has 1 aromatic carbocycles. The normalized spacial score (nSPS) is 9.50. The molecule has 0 unspecified atom stereocenters. The molecular weight excluding hydrogens is 158 g/mol. The number of hydrogen-bond acceptors (Lipinski definition) is 3. The molecule has 1 rings (SSSR count). The summed E-state index contributed by atoms with van der Waals surface area (Å²) in [6.45, 7) is 1.69. The van der Waals surface area contributed by atoms with Gasteiger partial charge < -0.3 is 9.94 Å². The summed E-state index contributed by atoms with van der Waals surface area (Å²) in [5.41, 5.74) is 0.741. The van der Waals surface area contributed by atoms with Gasteiger partial charge >= 0.3 is 5.97 Å². The SMILES string of the molecule is Cc1cccc(ON)c1C(=O)O. The van der Waals surface area contributed by atoms with E-state index in [9.17, 15) is 4.79 Å². The zero-order chi connectivity index (χ0) is 9.14. The van der Waals surface area contributed by atoms with Crippen LogP contribution in [0.4, 0.5) is 0 Å². The van der Waals surface area contributed by atoms with Crippen molar-refractivity contribution in [1.82, 2.24) is 0 Å². The minimum absolute atomic E-state index is 0.111. The summed E-state index contributed by atoms with van der Waals surface area (Å²) in [4.78, 5) is 15.1. The van der Waals surface area contributed by atoms with Crippen molar-refractivity contribution in [3.8, 4) is 5.75 Å². The highest BCUT2D eigenvalue weighted by atomic mass is 16.6. The van der Waals surface area contributed by atoms with Crippen molar-refractivity contribution >= 4 is 5.97 Å². The first-order valence-corrected chi connectivity index (χ1v) is 3.36. The predicted octanol–water partition coefficient (Wildman–Crippen LogP) is 0.946. The second kappa shape index (κ2) is 3.23. The second-order valence-electron chi connectivity index (χ2n) is 2.37. The molecule has 0 saturated carbocycles. The maximum atomic E-state index is 10.7. The predicted molar refractivity (Wildman–Crippen MR) is 43.0 cm³/mol. The number of rotatable bonds is 2. The highest BCUT2D eigenvalue weighted by Crippen LogP contribution is 2.20. The van der Waals surface area contributed by atoms with E-state index >= 15 is 0 Å². The fraction of sp³-hybridized carbons (Fsp3) is 0.125. The molecule has 0 amide bonds. The van der Waals surface area contributed by atoms with Crippen LogP contribution >= 0.6 is 0 Å². The van der Waals surface area contributed by atoms with Gasteiger partial charge in [0, 0.05) is 0 Å². The topological polar surface area (TPSA) is 72.5 Å². The number of benzene rings is 1. The van der Waals surface area contributed by atoms with Gasteiger partial charge in [0.2, 0.25) is 0 Å². The van der Waals surface area contributed by atoms with E-state index in [0.717, 1.165) is 0 Å². The molecular formula is C8H9NO3. The lowest BCUT2D eigenvalue weighted by Crippen LogP contribution is -2.09. The van der Waals surface area contributed by atoms with Gasteiger partial charge in [-0.3, -0.25) is 0 Å². The monoisotopic (exact) mass is 167 g/mol. The van der Waals surface area contributed by atoms with Crippen LogP contribution in [0.1, 0.15) is 15.9 Å². The first-order chi connectivity index (χ1) is 5.66. The molecule has 0 aliphatic rings. The van der Waals surface area contributed by atoms with Crippen LogP contribution in [0.3, 0.4) is 0 Å². The molecule has 0 atom stereocenters. The average Bonchev–Trinajstić information content (AvgIpc) is 2.03. The molecule has 0 radical (unpaired) electrons. The Labute approximate surface area is 69.5 Å². The summed E-state index contributed by atoms with van der Waals surface area (Å²) >= 11 is 0. The van der Waals surface area contributed by atoms with Crippen LogP contribution in [0.25, 0.3) is 0 Å². The van der Waals surface area contributed by atoms with Crippen LogP contribution in [0.2, 0.25) is 0 Å². The van der Waals surface area contributed by atoms with Gasteiger partial charge in [-0.25, -0.2) is 4.79 Å². The maximum Gasteiger partial charge on any atom is 0.339 e. The van der Waals surface area contributed by atoms with Crippen LogP contribution in [-0.4, -0.2) is 11.1 Å². The molecule has 0 fully saturated rings. The first-order valence-electron chi connectivity index (χ1n) is 3.36. The van der Waals surface area contributed by atoms with Gasteiger partial charge in [-0.15, -0.1) is 0 Å². The molecule has 1 aromatic rings. The number of carboxylic acids is 1. The van der Waals surface area contributed by atoms with E-state index in [2.05, 4.69) is 4.84 Å². The molecule has 4 nitrogen and oxygen atoms in total. The van der Waals surface area contributed by atoms with E-state index < -0.39 is 5.97 Å². The van der Waals surface area contributed by atoms with Gasteiger partial charge in [-0.2, -0.15) is 5.90 Å². The van der Waals surface area contributed by atoms with Crippen molar-refractivity contribution in [3.05, 3.63) is 29.3 Å². The molecule has 0 spiro atoms. The van der Waals surface area contributed by atoms with Crippen molar-refractivity contribution in [2.24, 2.45) is 5.90 Å². The maximum absolute atomic E-state index is 10.7. The Kier molecular flexibility index (Phi) is 2.30. The second-order valence-corrected chi connectivity index (χ2v) is 2.37. The largest absolute Gasteiger partial charge is 0.478 e. The Balaban J connectivity index is 3.29. The van der Waals surface area contributed by atoms with E-state index in [1.54, 1.807) is 19.1 Å². The minimum Gasteiger partial charge on any atom is -0.478 e. The summed E-state index contributed by atoms with van der Waals surface area (Å²) in [6.07, 6.45) is 0. The Hall–Kier alpha value is -1.55. The number of aryl methyl sites for hydroxylation is 1. The summed E-state index contributed by atoms with van der Waals surface area (Å²) in [7, 11) is 0. The van der Waals surface area contributed by atoms with Crippen LogP contribution in [0.15, 0.2) is 18.2 Å². The Morgan fingerprint density at radius 2 is 2.25 bits per heavy atom. The van der Waals surface area contributed by atoms with Crippen molar-refractivity contribution < 1.29 is 14.7 Å². The van der Waals surface area contributed by atoms with Gasteiger partial charge in [0.1, 0.15) is 5.56 Å². The Morgan fingerprint density at radius 1 is 1.58 bits per heavy atom. The summed E-state index contributed by atoms with van der Waals surface area (Å²) < 4.78 is 0. The molecule has 4 heteroatoms. The molecule has 0 aliphatic carbocycles. The van der Waals surface area contributed by atoms with Gasteiger partial charge in [-0.1, -0.05) is 12.1 Å². The van der Waals surface area contributed by atoms with Gasteiger partial charge in [0.25, 0.3) is 0 Å². The van der Waals surface area contributed by atoms with E-state index in [-0.39, 0.29) is 11.3 Å². The van der Waals surface area contributed by atoms with Gasteiger partial charge in [0.05, 0.1) is 0 Å². The number of nitrogens with two attached hydrogens (primary N) is 1. The van der Waals surface area contributed by atoms with Gasteiger partial charge in [-0.05, 0) is 18.6 Å². The number of hydrogen-bond donors (Lipinski definition) is 2. The third-order valence-corrected chi connectivity index (χ3v) is 1.58. The van der Waals surface area contributed by atoms with Gasteiger partial charge in [0.15, 0.2) is 5.75 Å². The fourth-order valence-corrected chi connectivity index (χ4v) is 1.01. The lowest BCUT2D eigenvalue weighted by molar-refractivity contribution is 0.0691. The third-order valence-electron chi connectivity index (χ3n) is 1.58. The molecule has 0 saturated heterocycles. The Morgan fingerprint density at radius 3 is 2.67 bits per heavy atom. The molecule has 0 aliphatic heterocycles. The number of aromatic carboxylic acids is 1. The van der Waals surface area contributed by atoms with E-state index in [1.165, 1.54) is 6.07 Å². The van der Waals surface area contributed by atoms with Crippen molar-refractivity contribution in [1.29, 1.82) is 0 Å². The summed E-state index contributed by atoms with van der Waals surface area (Å²) in [5.74, 6) is 4.04.